The molecule has 4 N–H and O–H groups in total. The molecule has 0 saturated carbocycles. The summed E-state index contributed by atoms with van der Waals surface area (Å²) in [5.41, 5.74) is 16.1. The third-order valence-corrected chi connectivity index (χ3v) is 4.65. The monoisotopic (exact) mass is 382 g/mol. The van der Waals surface area contributed by atoms with Crippen LogP contribution in [0.25, 0.3) is 21.5 Å². The molecule has 140 valence electrons. The predicted octanol–water partition coefficient (Wildman–Crippen LogP) is 4.77. The van der Waals surface area contributed by atoms with Gasteiger partial charge in [0.1, 0.15) is 0 Å². The van der Waals surface area contributed by atoms with Crippen LogP contribution in [-0.2, 0) is 0 Å². The number of terminal acetylenes is 4. The Kier molecular flexibility index (Phi) is 5.66. The molecule has 0 aromatic heterocycles. The zero-order valence-corrected chi connectivity index (χ0v) is 16.2. The van der Waals surface area contributed by atoms with Crippen molar-refractivity contribution in [2.45, 2.75) is 0 Å². The molecule has 0 unspecified atom stereocenters. The Bertz CT molecular complexity index is 1440. The quantitative estimate of drug-likeness (QED) is 0.340. The average molecular weight is 382 g/mol. The molecular formula is C28H18N2. The Hall–Kier alpha value is -4.76. The lowest BCUT2D eigenvalue weighted by molar-refractivity contribution is 1.65. The summed E-state index contributed by atoms with van der Waals surface area (Å²) in [5.74, 6) is 10.3. The van der Waals surface area contributed by atoms with Gasteiger partial charge >= 0.3 is 0 Å². The van der Waals surface area contributed by atoms with Crippen molar-refractivity contribution in [3.63, 3.8) is 0 Å². The Labute approximate surface area is 176 Å². The Morgan fingerprint density at radius 2 is 1.10 bits per heavy atom. The molecule has 4 rings (SSSR count). The molecule has 0 atom stereocenters. The zero-order chi connectivity index (χ0) is 21.7. The van der Waals surface area contributed by atoms with E-state index in [9.17, 15) is 0 Å². The van der Waals surface area contributed by atoms with Crippen molar-refractivity contribution in [2.24, 2.45) is 0 Å². The van der Waals surface area contributed by atoms with Crippen LogP contribution in [-0.4, -0.2) is 0 Å². The van der Waals surface area contributed by atoms with E-state index in [4.69, 9.17) is 37.2 Å². The molecule has 0 saturated heterocycles. The lowest BCUT2D eigenvalue weighted by Gasteiger charge is -2.04. The number of nitrogens with two attached hydrogens (primary N) is 2. The van der Waals surface area contributed by atoms with Gasteiger partial charge in [-0.3, -0.25) is 0 Å². The van der Waals surface area contributed by atoms with Gasteiger partial charge in [0.25, 0.3) is 0 Å². The highest BCUT2D eigenvalue weighted by Crippen LogP contribution is 2.24. The summed E-state index contributed by atoms with van der Waals surface area (Å²) in [6.07, 6.45) is 21.3. The highest BCUT2D eigenvalue weighted by Gasteiger charge is 2.01. The first-order valence-electron chi connectivity index (χ1n) is 9.02. The first-order chi connectivity index (χ1) is 14.5. The standard InChI is InChI=1S/2C14H9N/c1-3-10-5-6-12-7-11(4-2)9-14(15)13(12)8-10;1-3-10-5-6-12-8-11(4-2)14(15)9-13(12)7-10/h2*1-2,5-9H,15H2. The smallest absolute Gasteiger partial charge is 0.0479 e. The van der Waals surface area contributed by atoms with Crippen LogP contribution in [0.2, 0.25) is 0 Å². The normalized spacial score (nSPS) is 9.47. The highest BCUT2D eigenvalue weighted by molar-refractivity contribution is 5.95. The summed E-state index contributed by atoms with van der Waals surface area (Å²) < 4.78 is 0. The minimum absolute atomic E-state index is 0.610. The summed E-state index contributed by atoms with van der Waals surface area (Å²) in [4.78, 5) is 0. The zero-order valence-electron chi connectivity index (χ0n) is 16.2. The Morgan fingerprint density at radius 1 is 0.500 bits per heavy atom. The van der Waals surface area contributed by atoms with Crippen LogP contribution in [0.5, 0.6) is 0 Å². The maximum absolute atomic E-state index is 5.89. The largest absolute Gasteiger partial charge is 0.398 e. The molecule has 0 aliphatic carbocycles. The van der Waals surface area contributed by atoms with E-state index in [0.717, 1.165) is 43.8 Å². The second kappa shape index (κ2) is 8.50. The van der Waals surface area contributed by atoms with E-state index in [-0.39, 0.29) is 0 Å². The van der Waals surface area contributed by atoms with E-state index < -0.39 is 0 Å². The van der Waals surface area contributed by atoms with E-state index in [1.54, 1.807) is 6.07 Å². The number of hydrogen-bond acceptors (Lipinski definition) is 2. The van der Waals surface area contributed by atoms with Crippen LogP contribution in [0, 0.1) is 49.4 Å². The Balaban J connectivity index is 0.000000171. The number of rotatable bonds is 0. The van der Waals surface area contributed by atoms with E-state index in [1.807, 2.05) is 54.6 Å². The van der Waals surface area contributed by atoms with Crippen molar-refractivity contribution < 1.29 is 0 Å². The topological polar surface area (TPSA) is 52.0 Å². The Morgan fingerprint density at radius 3 is 1.73 bits per heavy atom. The molecule has 0 amide bonds. The summed E-state index contributed by atoms with van der Waals surface area (Å²) in [6.45, 7) is 0. The van der Waals surface area contributed by atoms with Crippen LogP contribution < -0.4 is 11.5 Å². The van der Waals surface area contributed by atoms with Crippen molar-refractivity contribution in [3.05, 3.63) is 82.9 Å². The summed E-state index contributed by atoms with van der Waals surface area (Å²) in [7, 11) is 0. The third kappa shape index (κ3) is 4.06. The number of anilines is 2. The summed E-state index contributed by atoms with van der Waals surface area (Å²) in [5, 5.41) is 4.03. The lowest BCUT2D eigenvalue weighted by atomic mass is 10.0. The molecule has 0 heterocycles. The number of fused-ring (bicyclic) bond motifs is 2. The molecule has 0 radical (unpaired) electrons. The van der Waals surface area contributed by atoms with Gasteiger partial charge in [0, 0.05) is 39.0 Å². The van der Waals surface area contributed by atoms with Crippen molar-refractivity contribution in [3.8, 4) is 49.4 Å². The first kappa shape index (κ1) is 20.0. The number of benzene rings is 4. The van der Waals surface area contributed by atoms with E-state index in [0.29, 0.717) is 11.4 Å². The minimum Gasteiger partial charge on any atom is -0.398 e. The molecule has 0 fully saturated rings. The summed E-state index contributed by atoms with van der Waals surface area (Å²) >= 11 is 0. The molecule has 0 spiro atoms. The molecule has 0 aliphatic rings. The molecule has 0 aliphatic heterocycles. The molecule has 2 heteroatoms. The molecular weight excluding hydrogens is 364 g/mol. The van der Waals surface area contributed by atoms with E-state index in [1.165, 1.54) is 0 Å². The molecule has 30 heavy (non-hydrogen) atoms. The fourth-order valence-corrected chi connectivity index (χ4v) is 3.09. The molecule has 4 aromatic carbocycles. The van der Waals surface area contributed by atoms with Crippen LogP contribution in [0.1, 0.15) is 22.3 Å². The van der Waals surface area contributed by atoms with Crippen LogP contribution in [0.15, 0.2) is 60.7 Å². The second-order valence-corrected chi connectivity index (χ2v) is 6.58. The average Bonchev–Trinajstić information content (AvgIpc) is 2.78. The maximum Gasteiger partial charge on any atom is 0.0479 e. The van der Waals surface area contributed by atoms with Crippen LogP contribution in [0.3, 0.4) is 0 Å². The van der Waals surface area contributed by atoms with Gasteiger partial charge in [0.15, 0.2) is 0 Å². The second-order valence-electron chi connectivity index (χ2n) is 6.58. The fraction of sp³-hybridized carbons (Fsp3) is 0. The molecule has 4 aromatic rings. The van der Waals surface area contributed by atoms with Gasteiger partial charge in [-0.15, -0.1) is 25.7 Å². The van der Waals surface area contributed by atoms with Gasteiger partial charge in [-0.2, -0.15) is 0 Å². The number of nitrogen functional groups attached to an aromatic ring is 2. The minimum atomic E-state index is 0.610. The third-order valence-electron chi connectivity index (χ3n) is 4.65. The van der Waals surface area contributed by atoms with Gasteiger partial charge in [0.05, 0.1) is 0 Å². The molecule has 0 bridgehead atoms. The molecule has 2 nitrogen and oxygen atoms in total. The SMILES string of the molecule is C#Cc1cc(N)c2cc(C#C)ccc2c1.C#Cc1ccc2cc(C#C)c(N)cc2c1. The lowest BCUT2D eigenvalue weighted by Crippen LogP contribution is -1.90. The van der Waals surface area contributed by atoms with E-state index in [2.05, 4.69) is 23.7 Å². The van der Waals surface area contributed by atoms with Gasteiger partial charge < -0.3 is 11.5 Å². The van der Waals surface area contributed by atoms with Gasteiger partial charge in [-0.25, -0.2) is 0 Å². The highest BCUT2D eigenvalue weighted by atomic mass is 14.6. The summed E-state index contributed by atoms with van der Waals surface area (Å²) in [6, 6.07) is 18.9. The van der Waals surface area contributed by atoms with Crippen molar-refractivity contribution in [2.75, 3.05) is 11.5 Å². The maximum atomic E-state index is 5.89. The van der Waals surface area contributed by atoms with Crippen molar-refractivity contribution in [1.82, 2.24) is 0 Å². The first-order valence-corrected chi connectivity index (χ1v) is 9.02. The van der Waals surface area contributed by atoms with Gasteiger partial charge in [-0.1, -0.05) is 35.8 Å². The van der Waals surface area contributed by atoms with Crippen molar-refractivity contribution in [1.29, 1.82) is 0 Å². The predicted molar refractivity (Wildman–Crippen MR) is 128 cm³/mol. The van der Waals surface area contributed by atoms with Gasteiger partial charge in [0.2, 0.25) is 0 Å². The number of hydrogen-bond donors (Lipinski definition) is 2. The van der Waals surface area contributed by atoms with Crippen molar-refractivity contribution >= 4 is 32.9 Å². The van der Waals surface area contributed by atoms with E-state index >= 15 is 0 Å². The van der Waals surface area contributed by atoms with Gasteiger partial charge in [-0.05, 0) is 64.7 Å². The fourth-order valence-electron chi connectivity index (χ4n) is 3.09. The van der Waals surface area contributed by atoms with Crippen LogP contribution >= 0.6 is 0 Å². The van der Waals surface area contributed by atoms with Crippen LogP contribution in [0.4, 0.5) is 11.4 Å².